The van der Waals surface area contributed by atoms with E-state index in [0.29, 0.717) is 13.0 Å². The highest BCUT2D eigenvalue weighted by Gasteiger charge is 2.62. The normalized spacial score (nSPS) is 22.4. The fourth-order valence-electron chi connectivity index (χ4n) is 6.09. The highest BCUT2D eigenvalue weighted by Crippen LogP contribution is 2.58. The van der Waals surface area contributed by atoms with Gasteiger partial charge in [-0.15, -0.1) is 11.3 Å². The van der Waals surface area contributed by atoms with Crippen molar-refractivity contribution in [3.05, 3.63) is 64.0 Å². The Morgan fingerprint density at radius 1 is 1.10 bits per heavy atom. The second kappa shape index (κ2) is 10.3. The Kier molecular flexibility index (Phi) is 6.83. The van der Waals surface area contributed by atoms with Gasteiger partial charge in [0.1, 0.15) is 12.4 Å². The molecule has 2 aliphatic heterocycles. The highest BCUT2D eigenvalue weighted by molar-refractivity contribution is 7.14. The molecule has 39 heavy (non-hydrogen) atoms. The molecule has 1 aliphatic carbocycles. The third-order valence-electron chi connectivity index (χ3n) is 8.72. The lowest BCUT2D eigenvalue weighted by atomic mass is 9.96. The first-order valence-corrected chi connectivity index (χ1v) is 14.8. The molecule has 3 aromatic rings. The zero-order valence-corrected chi connectivity index (χ0v) is 23.4. The molecule has 3 fully saturated rings. The Labute approximate surface area is 233 Å². The summed E-state index contributed by atoms with van der Waals surface area (Å²) in [7, 11) is 0. The van der Waals surface area contributed by atoms with E-state index >= 15 is 0 Å². The number of hydrogen-bond donors (Lipinski definition) is 1. The summed E-state index contributed by atoms with van der Waals surface area (Å²) in [5.74, 6) is 0.469. The number of carboxylic acid groups (broad SMARTS) is 1. The molecule has 2 saturated heterocycles. The standard InChI is InChI=1S/C31H35N3O4S/c1-20-6-9-27(38-18-23-8-7-22(15-21(23)2)28(35)33-11-4-3-5-12-33)25(14-20)26-19-39-30(32-26)34-13-10-31(29(36)37)16-24(31)17-34/h6-9,14-15,19,24H,3-5,10-13,16-18H2,1-2H3,(H,36,37). The number of fused-ring (bicyclic) bond motifs is 1. The smallest absolute Gasteiger partial charge is 0.310 e. The fraction of sp³-hybridized carbons (Fsp3) is 0.452. The number of rotatable bonds is 7. The molecular weight excluding hydrogens is 510 g/mol. The van der Waals surface area contributed by atoms with E-state index in [4.69, 9.17) is 9.72 Å². The monoisotopic (exact) mass is 545 g/mol. The summed E-state index contributed by atoms with van der Waals surface area (Å²) in [5, 5.41) is 12.6. The molecule has 6 rings (SSSR count). The van der Waals surface area contributed by atoms with Crippen molar-refractivity contribution in [3.8, 4) is 17.0 Å². The fourth-order valence-corrected chi connectivity index (χ4v) is 6.95. The summed E-state index contributed by atoms with van der Waals surface area (Å²) in [6.45, 7) is 7.67. The van der Waals surface area contributed by atoms with Crippen LogP contribution in [-0.2, 0) is 11.4 Å². The Hall–Kier alpha value is -3.39. The van der Waals surface area contributed by atoms with Crippen LogP contribution in [-0.4, -0.2) is 53.0 Å². The van der Waals surface area contributed by atoms with Crippen molar-refractivity contribution in [2.75, 3.05) is 31.1 Å². The van der Waals surface area contributed by atoms with Crippen molar-refractivity contribution >= 4 is 28.3 Å². The summed E-state index contributed by atoms with van der Waals surface area (Å²) in [5.41, 5.74) is 5.31. The Morgan fingerprint density at radius 3 is 2.67 bits per heavy atom. The van der Waals surface area contributed by atoms with E-state index in [1.54, 1.807) is 11.3 Å². The molecule has 8 heteroatoms. The van der Waals surface area contributed by atoms with E-state index in [1.165, 1.54) is 6.42 Å². The minimum atomic E-state index is -0.646. The van der Waals surface area contributed by atoms with Crippen molar-refractivity contribution in [1.82, 2.24) is 9.88 Å². The molecule has 1 amide bonds. The van der Waals surface area contributed by atoms with Gasteiger partial charge < -0.3 is 19.6 Å². The van der Waals surface area contributed by atoms with Gasteiger partial charge in [-0.25, -0.2) is 4.98 Å². The summed E-state index contributed by atoms with van der Waals surface area (Å²) in [4.78, 5) is 33.7. The molecule has 0 spiro atoms. The largest absolute Gasteiger partial charge is 0.488 e. The first-order chi connectivity index (χ1) is 18.8. The molecule has 1 aromatic heterocycles. The summed E-state index contributed by atoms with van der Waals surface area (Å²) in [6, 6.07) is 12.1. The molecule has 1 N–H and O–H groups in total. The number of thiazole rings is 1. The maximum Gasteiger partial charge on any atom is 0.310 e. The topological polar surface area (TPSA) is 83.0 Å². The van der Waals surface area contributed by atoms with Crippen LogP contribution in [0.5, 0.6) is 5.75 Å². The average molecular weight is 546 g/mol. The van der Waals surface area contributed by atoms with Gasteiger partial charge in [0.2, 0.25) is 0 Å². The number of carboxylic acids is 1. The molecule has 2 atom stereocenters. The van der Waals surface area contributed by atoms with Crippen molar-refractivity contribution in [3.63, 3.8) is 0 Å². The number of benzene rings is 2. The lowest BCUT2D eigenvalue weighted by Gasteiger charge is -2.29. The molecule has 0 radical (unpaired) electrons. The zero-order valence-electron chi connectivity index (χ0n) is 22.6. The second-order valence-electron chi connectivity index (χ2n) is 11.4. The van der Waals surface area contributed by atoms with E-state index in [-0.39, 0.29) is 11.8 Å². The molecule has 3 heterocycles. The van der Waals surface area contributed by atoms with Gasteiger partial charge in [0.25, 0.3) is 5.91 Å². The highest BCUT2D eigenvalue weighted by atomic mass is 32.1. The van der Waals surface area contributed by atoms with Gasteiger partial charge in [0.05, 0.1) is 11.1 Å². The summed E-state index contributed by atoms with van der Waals surface area (Å²) < 4.78 is 6.34. The van der Waals surface area contributed by atoms with Crippen LogP contribution in [0.4, 0.5) is 5.13 Å². The zero-order chi connectivity index (χ0) is 27.1. The number of amides is 1. The second-order valence-corrected chi connectivity index (χ2v) is 12.2. The van der Waals surface area contributed by atoms with Crippen LogP contribution >= 0.6 is 11.3 Å². The minimum Gasteiger partial charge on any atom is -0.488 e. The summed E-state index contributed by atoms with van der Waals surface area (Å²) in [6.07, 6.45) is 4.83. The lowest BCUT2D eigenvalue weighted by molar-refractivity contribution is -0.144. The number of piperidine rings is 2. The van der Waals surface area contributed by atoms with Crippen molar-refractivity contribution < 1.29 is 19.4 Å². The number of aryl methyl sites for hydroxylation is 2. The molecule has 2 aromatic carbocycles. The van der Waals surface area contributed by atoms with Crippen molar-refractivity contribution in [2.45, 2.75) is 52.6 Å². The van der Waals surface area contributed by atoms with Crippen LogP contribution in [0, 0.1) is 25.2 Å². The van der Waals surface area contributed by atoms with E-state index in [2.05, 4.69) is 23.3 Å². The number of carbonyl (C=O) groups excluding carboxylic acids is 1. The van der Waals surface area contributed by atoms with Crippen LogP contribution in [0.1, 0.15) is 59.2 Å². The van der Waals surface area contributed by atoms with Gasteiger partial charge in [-0.3, -0.25) is 9.59 Å². The number of anilines is 1. The quantitative estimate of drug-likeness (QED) is 0.396. The van der Waals surface area contributed by atoms with Crippen LogP contribution < -0.4 is 9.64 Å². The SMILES string of the molecule is Cc1ccc(OCc2ccc(C(=O)N3CCCCC3)cc2C)c(-c2csc(N3CCC4(C(=O)O)CC4C3)n2)c1. The van der Waals surface area contributed by atoms with Crippen LogP contribution in [0.2, 0.25) is 0 Å². The number of aliphatic carboxylic acids is 1. The maximum absolute atomic E-state index is 12.9. The minimum absolute atomic E-state index is 0.120. The number of nitrogens with zero attached hydrogens (tertiary/aromatic N) is 3. The maximum atomic E-state index is 12.9. The van der Waals surface area contributed by atoms with Gasteiger partial charge in [-0.2, -0.15) is 0 Å². The Bertz CT molecular complexity index is 1410. The number of aromatic nitrogens is 1. The predicted octanol–water partition coefficient (Wildman–Crippen LogP) is 5.93. The van der Waals surface area contributed by atoms with Gasteiger partial charge in [-0.05, 0) is 87.3 Å². The van der Waals surface area contributed by atoms with Crippen LogP contribution in [0.25, 0.3) is 11.3 Å². The van der Waals surface area contributed by atoms with Crippen molar-refractivity contribution in [1.29, 1.82) is 0 Å². The number of hydrogen-bond acceptors (Lipinski definition) is 6. The Balaban J connectivity index is 1.15. The number of ether oxygens (including phenoxy) is 1. The van der Waals surface area contributed by atoms with E-state index in [9.17, 15) is 14.7 Å². The van der Waals surface area contributed by atoms with E-state index < -0.39 is 11.4 Å². The average Bonchev–Trinajstić information content (AvgIpc) is 3.50. The molecular formula is C31H35N3O4S. The first kappa shape index (κ1) is 25.9. The van der Waals surface area contributed by atoms with Gasteiger partial charge >= 0.3 is 5.97 Å². The molecule has 0 bridgehead atoms. The molecule has 7 nitrogen and oxygen atoms in total. The molecule has 1 saturated carbocycles. The predicted molar refractivity (Wildman–Crippen MR) is 153 cm³/mol. The number of carbonyl (C=O) groups is 2. The third-order valence-corrected chi connectivity index (χ3v) is 9.62. The third kappa shape index (κ3) is 5.02. The molecule has 3 aliphatic rings. The lowest BCUT2D eigenvalue weighted by Crippen LogP contribution is -2.37. The van der Waals surface area contributed by atoms with Crippen LogP contribution in [0.15, 0.2) is 41.8 Å². The van der Waals surface area contributed by atoms with E-state index in [0.717, 1.165) is 89.8 Å². The van der Waals surface area contributed by atoms with Crippen molar-refractivity contribution in [2.24, 2.45) is 11.3 Å². The van der Waals surface area contributed by atoms with Crippen LogP contribution in [0.3, 0.4) is 0 Å². The summed E-state index contributed by atoms with van der Waals surface area (Å²) >= 11 is 1.60. The van der Waals surface area contributed by atoms with Gasteiger partial charge in [0.15, 0.2) is 5.13 Å². The molecule has 204 valence electrons. The Morgan fingerprint density at radius 2 is 1.92 bits per heavy atom. The molecule has 2 unspecified atom stereocenters. The number of likely N-dealkylation sites (tertiary alicyclic amines) is 1. The van der Waals surface area contributed by atoms with E-state index in [1.807, 2.05) is 42.2 Å². The first-order valence-electron chi connectivity index (χ1n) is 13.9. The van der Waals surface area contributed by atoms with Gasteiger partial charge in [-0.1, -0.05) is 17.7 Å². The van der Waals surface area contributed by atoms with Gasteiger partial charge in [0, 0.05) is 42.7 Å².